The van der Waals surface area contributed by atoms with E-state index in [2.05, 4.69) is 0 Å². The number of amides is 1. The van der Waals surface area contributed by atoms with Crippen LogP contribution < -0.4 is 5.73 Å². The molecule has 0 aromatic carbocycles. The minimum absolute atomic E-state index is 0. The number of nitrogens with zero attached hydrogens (tertiary/aromatic N) is 1. The summed E-state index contributed by atoms with van der Waals surface area (Å²) in [5.41, 5.74) is 5.61. The molecular weight excluding hydrogens is 232 g/mol. The highest BCUT2D eigenvalue weighted by molar-refractivity contribution is 8.00. The van der Waals surface area contributed by atoms with E-state index in [4.69, 9.17) is 5.73 Å². The van der Waals surface area contributed by atoms with Crippen molar-refractivity contribution in [3.05, 3.63) is 0 Å². The van der Waals surface area contributed by atoms with E-state index < -0.39 is 0 Å². The Balaban J connectivity index is 0.00000112. The van der Waals surface area contributed by atoms with Crippen LogP contribution in [0.15, 0.2) is 0 Å². The molecule has 0 saturated carbocycles. The fourth-order valence-electron chi connectivity index (χ4n) is 2.20. The molecular formula is C10H19ClN2OS. The molecule has 2 atom stereocenters. The highest BCUT2D eigenvalue weighted by Crippen LogP contribution is 2.29. The second-order valence-corrected chi connectivity index (χ2v) is 5.49. The maximum atomic E-state index is 12.0. The first-order chi connectivity index (χ1) is 6.81. The summed E-state index contributed by atoms with van der Waals surface area (Å²) in [5, 5.41) is 0.256. The molecule has 3 nitrogen and oxygen atoms in total. The van der Waals surface area contributed by atoms with Gasteiger partial charge < -0.3 is 10.6 Å². The molecule has 1 amide bonds. The summed E-state index contributed by atoms with van der Waals surface area (Å²) in [4.78, 5) is 14.0. The predicted octanol–water partition coefficient (Wildman–Crippen LogP) is 1.11. The van der Waals surface area contributed by atoms with Crippen molar-refractivity contribution >= 4 is 30.1 Å². The van der Waals surface area contributed by atoms with Crippen molar-refractivity contribution in [2.45, 2.75) is 24.5 Å². The van der Waals surface area contributed by atoms with Gasteiger partial charge in [0, 0.05) is 13.1 Å². The molecule has 2 fully saturated rings. The van der Waals surface area contributed by atoms with Crippen molar-refractivity contribution in [2.24, 2.45) is 11.7 Å². The first-order valence-electron chi connectivity index (χ1n) is 5.41. The number of carbonyl (C=O) groups is 1. The van der Waals surface area contributed by atoms with Crippen LogP contribution in [0.2, 0.25) is 0 Å². The van der Waals surface area contributed by atoms with Crippen LogP contribution in [0, 0.1) is 5.92 Å². The lowest BCUT2D eigenvalue weighted by atomic mass is 10.1. The second-order valence-electron chi connectivity index (χ2n) is 4.18. The first kappa shape index (κ1) is 13.1. The quantitative estimate of drug-likeness (QED) is 0.799. The molecule has 0 aromatic heterocycles. The lowest BCUT2D eigenvalue weighted by molar-refractivity contribution is -0.129. The molecule has 2 N–H and O–H groups in total. The van der Waals surface area contributed by atoms with Crippen LogP contribution in [-0.2, 0) is 4.79 Å². The van der Waals surface area contributed by atoms with Gasteiger partial charge >= 0.3 is 0 Å². The minimum atomic E-state index is 0. The third kappa shape index (κ3) is 3.02. The molecule has 15 heavy (non-hydrogen) atoms. The van der Waals surface area contributed by atoms with E-state index >= 15 is 0 Å². The maximum absolute atomic E-state index is 12.0. The smallest absolute Gasteiger partial charge is 0.235 e. The Morgan fingerprint density at radius 2 is 2.27 bits per heavy atom. The molecule has 5 heteroatoms. The van der Waals surface area contributed by atoms with Crippen molar-refractivity contribution in [3.63, 3.8) is 0 Å². The topological polar surface area (TPSA) is 46.3 Å². The van der Waals surface area contributed by atoms with E-state index in [0.717, 1.165) is 38.2 Å². The van der Waals surface area contributed by atoms with Gasteiger partial charge in [0.2, 0.25) is 5.91 Å². The fourth-order valence-corrected chi connectivity index (χ4v) is 3.44. The second kappa shape index (κ2) is 5.97. The van der Waals surface area contributed by atoms with Crippen LogP contribution in [-0.4, -0.2) is 41.4 Å². The van der Waals surface area contributed by atoms with Crippen LogP contribution in [0.1, 0.15) is 19.3 Å². The Bertz CT molecular complexity index is 221. The zero-order valence-electron chi connectivity index (χ0n) is 8.85. The molecule has 2 unspecified atom stereocenters. The number of thioether (sulfide) groups is 1. The summed E-state index contributed by atoms with van der Waals surface area (Å²) in [7, 11) is 0. The molecule has 0 aliphatic carbocycles. The molecule has 0 bridgehead atoms. The number of carbonyl (C=O) groups excluding carboxylic acids is 1. The Hall–Kier alpha value is 0.0700. The normalized spacial score (nSPS) is 30.3. The van der Waals surface area contributed by atoms with Crippen LogP contribution in [0.3, 0.4) is 0 Å². The lowest BCUT2D eigenvalue weighted by Gasteiger charge is -2.19. The van der Waals surface area contributed by atoms with E-state index in [9.17, 15) is 4.79 Å². The largest absolute Gasteiger partial charge is 0.341 e. The van der Waals surface area contributed by atoms with Gasteiger partial charge in [0.05, 0.1) is 5.25 Å². The van der Waals surface area contributed by atoms with Crippen LogP contribution >= 0.6 is 24.2 Å². The van der Waals surface area contributed by atoms with Gasteiger partial charge in [-0.2, -0.15) is 0 Å². The summed E-state index contributed by atoms with van der Waals surface area (Å²) in [6.45, 7) is 2.55. The summed E-state index contributed by atoms with van der Waals surface area (Å²) in [5.74, 6) is 2.07. The molecule has 2 aliphatic heterocycles. The Morgan fingerprint density at radius 1 is 1.47 bits per heavy atom. The van der Waals surface area contributed by atoms with Gasteiger partial charge in [-0.15, -0.1) is 24.2 Å². The number of rotatable bonds is 2. The molecule has 0 spiro atoms. The summed E-state index contributed by atoms with van der Waals surface area (Å²) in [6.07, 6.45) is 3.38. The number of hydrogen-bond donors (Lipinski definition) is 1. The van der Waals surface area contributed by atoms with Crippen molar-refractivity contribution in [2.75, 3.05) is 25.4 Å². The molecule has 2 aliphatic rings. The summed E-state index contributed by atoms with van der Waals surface area (Å²) in [6, 6.07) is 0. The Morgan fingerprint density at radius 3 is 2.80 bits per heavy atom. The van der Waals surface area contributed by atoms with Crippen molar-refractivity contribution in [1.82, 2.24) is 4.90 Å². The van der Waals surface area contributed by atoms with E-state index in [0.29, 0.717) is 11.8 Å². The van der Waals surface area contributed by atoms with Crippen LogP contribution in [0.5, 0.6) is 0 Å². The highest BCUT2D eigenvalue weighted by Gasteiger charge is 2.31. The number of likely N-dealkylation sites (tertiary alicyclic amines) is 1. The predicted molar refractivity (Wildman–Crippen MR) is 66.5 cm³/mol. The van der Waals surface area contributed by atoms with Gasteiger partial charge in [0.15, 0.2) is 0 Å². The average molecular weight is 251 g/mol. The van der Waals surface area contributed by atoms with E-state index in [-0.39, 0.29) is 17.7 Å². The lowest BCUT2D eigenvalue weighted by Crippen LogP contribution is -2.35. The Labute approximate surface area is 102 Å². The maximum Gasteiger partial charge on any atom is 0.235 e. The van der Waals surface area contributed by atoms with Gasteiger partial charge in [0.25, 0.3) is 0 Å². The molecule has 88 valence electrons. The van der Waals surface area contributed by atoms with Crippen LogP contribution in [0.4, 0.5) is 0 Å². The number of nitrogens with two attached hydrogens (primary N) is 1. The molecule has 0 radical (unpaired) electrons. The monoisotopic (exact) mass is 250 g/mol. The van der Waals surface area contributed by atoms with Crippen molar-refractivity contribution in [3.8, 4) is 0 Å². The molecule has 0 aromatic rings. The van der Waals surface area contributed by atoms with Crippen molar-refractivity contribution < 1.29 is 4.79 Å². The molecule has 2 heterocycles. The first-order valence-corrected chi connectivity index (χ1v) is 6.46. The summed E-state index contributed by atoms with van der Waals surface area (Å²) >= 11 is 1.82. The van der Waals surface area contributed by atoms with Crippen molar-refractivity contribution in [1.29, 1.82) is 0 Å². The zero-order valence-corrected chi connectivity index (χ0v) is 10.5. The SMILES string of the molecule is Cl.NCC1CCN(C(=O)C2CCCS2)C1. The summed E-state index contributed by atoms with van der Waals surface area (Å²) < 4.78 is 0. The van der Waals surface area contributed by atoms with Crippen LogP contribution in [0.25, 0.3) is 0 Å². The number of hydrogen-bond acceptors (Lipinski definition) is 3. The van der Waals surface area contributed by atoms with Gasteiger partial charge in [-0.05, 0) is 37.5 Å². The standard InChI is InChI=1S/C10H18N2OS.ClH/c11-6-8-3-4-12(7-8)10(13)9-2-1-5-14-9;/h8-9H,1-7,11H2;1H. The Kier molecular flexibility index (Phi) is 5.23. The third-order valence-electron chi connectivity index (χ3n) is 3.14. The molecule has 2 saturated heterocycles. The average Bonchev–Trinajstić information content (AvgIpc) is 2.88. The molecule has 2 rings (SSSR count). The third-order valence-corrected chi connectivity index (χ3v) is 4.50. The van der Waals surface area contributed by atoms with E-state index in [1.807, 2.05) is 16.7 Å². The highest BCUT2D eigenvalue weighted by atomic mass is 35.5. The van der Waals surface area contributed by atoms with Gasteiger partial charge in [-0.25, -0.2) is 0 Å². The van der Waals surface area contributed by atoms with Gasteiger partial charge in [0.1, 0.15) is 0 Å². The van der Waals surface area contributed by atoms with E-state index in [1.54, 1.807) is 0 Å². The zero-order chi connectivity index (χ0) is 9.97. The van der Waals surface area contributed by atoms with Gasteiger partial charge in [-0.3, -0.25) is 4.79 Å². The van der Waals surface area contributed by atoms with E-state index in [1.165, 1.54) is 6.42 Å². The van der Waals surface area contributed by atoms with Gasteiger partial charge in [-0.1, -0.05) is 0 Å². The fraction of sp³-hybridized carbons (Fsp3) is 0.900. The minimum Gasteiger partial charge on any atom is -0.341 e. The number of halogens is 1.